The van der Waals surface area contributed by atoms with Crippen LogP contribution in [-0.2, 0) is 6.42 Å². The maximum atomic E-state index is 4.47. The highest BCUT2D eigenvalue weighted by Gasteiger charge is 2.21. The van der Waals surface area contributed by atoms with E-state index < -0.39 is 0 Å². The minimum atomic E-state index is 0. The van der Waals surface area contributed by atoms with Crippen LogP contribution < -0.4 is 5.32 Å². The second kappa shape index (κ2) is 9.56. The molecular weight excluding hydrogens is 431 g/mol. The van der Waals surface area contributed by atoms with Crippen LogP contribution >= 0.6 is 35.7 Å². The average molecular weight is 458 g/mol. The van der Waals surface area contributed by atoms with E-state index in [4.69, 9.17) is 0 Å². The van der Waals surface area contributed by atoms with Crippen molar-refractivity contribution in [1.82, 2.24) is 15.2 Å². The van der Waals surface area contributed by atoms with Crippen LogP contribution in [0.5, 0.6) is 0 Å². The van der Waals surface area contributed by atoms with Gasteiger partial charge < -0.3 is 15.2 Å². The van der Waals surface area contributed by atoms with Gasteiger partial charge >= 0.3 is 0 Å². The number of aromatic amines is 1. The summed E-state index contributed by atoms with van der Waals surface area (Å²) >= 11 is 2.09. The van der Waals surface area contributed by atoms with E-state index in [1.54, 1.807) is 0 Å². The molecule has 3 rings (SSSR count). The van der Waals surface area contributed by atoms with Crippen LogP contribution in [0.15, 0.2) is 35.3 Å². The molecule has 0 spiro atoms. The second-order valence-corrected chi connectivity index (χ2v) is 7.36. The molecule has 1 unspecified atom stereocenters. The first-order valence-corrected chi connectivity index (χ1v) is 9.49. The second-order valence-electron chi connectivity index (χ2n) is 5.95. The SMILES string of the molecule is CCC1CN(C(=NC)NCCc2cc3ccccc3[nH]2)CCS1.I. The summed E-state index contributed by atoms with van der Waals surface area (Å²) in [5, 5.41) is 5.54. The predicted molar refractivity (Wildman–Crippen MR) is 117 cm³/mol. The van der Waals surface area contributed by atoms with E-state index >= 15 is 0 Å². The van der Waals surface area contributed by atoms with E-state index in [0.29, 0.717) is 0 Å². The summed E-state index contributed by atoms with van der Waals surface area (Å²) in [6.45, 7) is 5.37. The van der Waals surface area contributed by atoms with Gasteiger partial charge in [0.25, 0.3) is 0 Å². The van der Waals surface area contributed by atoms with Gasteiger partial charge in [0.1, 0.15) is 0 Å². The van der Waals surface area contributed by atoms with Crippen molar-refractivity contribution in [2.45, 2.75) is 25.0 Å². The molecule has 1 atom stereocenters. The molecular formula is C18H27IN4S. The van der Waals surface area contributed by atoms with Gasteiger partial charge in [0.15, 0.2) is 5.96 Å². The van der Waals surface area contributed by atoms with Gasteiger partial charge in [-0.1, -0.05) is 25.1 Å². The van der Waals surface area contributed by atoms with E-state index in [2.05, 4.69) is 69.2 Å². The summed E-state index contributed by atoms with van der Waals surface area (Å²) in [5.74, 6) is 2.24. The van der Waals surface area contributed by atoms with Gasteiger partial charge in [0.05, 0.1) is 0 Å². The molecule has 2 N–H and O–H groups in total. The van der Waals surface area contributed by atoms with Crippen molar-refractivity contribution in [3.8, 4) is 0 Å². The Balaban J connectivity index is 0.00000208. The van der Waals surface area contributed by atoms with Crippen LogP contribution in [0.25, 0.3) is 10.9 Å². The number of hydrogen-bond donors (Lipinski definition) is 2. The van der Waals surface area contributed by atoms with Crippen LogP contribution in [0.1, 0.15) is 19.0 Å². The molecule has 1 aromatic heterocycles. The van der Waals surface area contributed by atoms with Crippen molar-refractivity contribution in [3.05, 3.63) is 36.0 Å². The van der Waals surface area contributed by atoms with Crippen molar-refractivity contribution in [3.63, 3.8) is 0 Å². The summed E-state index contributed by atoms with van der Waals surface area (Å²) < 4.78 is 0. The lowest BCUT2D eigenvalue weighted by atomic mass is 10.2. The lowest BCUT2D eigenvalue weighted by molar-refractivity contribution is 0.408. The maximum absolute atomic E-state index is 4.47. The molecule has 1 fully saturated rings. The number of rotatable bonds is 4. The minimum Gasteiger partial charge on any atom is -0.358 e. The molecule has 4 nitrogen and oxygen atoms in total. The third kappa shape index (κ3) is 4.81. The highest BCUT2D eigenvalue weighted by Crippen LogP contribution is 2.21. The van der Waals surface area contributed by atoms with Crippen molar-refractivity contribution in [2.75, 3.05) is 32.4 Å². The summed E-state index contributed by atoms with van der Waals surface area (Å²) in [6, 6.07) is 10.7. The molecule has 0 aliphatic carbocycles. The Kier molecular flexibility index (Phi) is 7.74. The number of aliphatic imine (C=N–C) groups is 1. The van der Waals surface area contributed by atoms with Crippen LogP contribution in [0.2, 0.25) is 0 Å². The molecule has 2 aromatic rings. The van der Waals surface area contributed by atoms with E-state index in [0.717, 1.165) is 37.3 Å². The van der Waals surface area contributed by atoms with Crippen molar-refractivity contribution in [1.29, 1.82) is 0 Å². The van der Waals surface area contributed by atoms with Gasteiger partial charge in [-0.2, -0.15) is 11.8 Å². The maximum Gasteiger partial charge on any atom is 0.193 e. The molecule has 0 saturated carbocycles. The van der Waals surface area contributed by atoms with Gasteiger partial charge in [-0.25, -0.2) is 0 Å². The van der Waals surface area contributed by atoms with Gasteiger partial charge in [-0.05, 0) is 23.9 Å². The third-order valence-corrected chi connectivity index (χ3v) is 5.74. The monoisotopic (exact) mass is 458 g/mol. The Bertz CT molecular complexity index is 637. The first-order valence-electron chi connectivity index (χ1n) is 8.44. The standard InChI is InChI=1S/C18H26N4S.HI/c1-3-16-13-22(10-11-23-16)18(19-2)20-9-8-15-12-14-6-4-5-7-17(14)21-15;/h4-7,12,16,21H,3,8-11,13H2,1-2H3,(H,19,20);1H. The van der Waals surface area contributed by atoms with E-state index in [1.807, 2.05) is 7.05 Å². The van der Waals surface area contributed by atoms with E-state index in [-0.39, 0.29) is 24.0 Å². The predicted octanol–water partition coefficient (Wildman–Crippen LogP) is 3.73. The number of nitrogens with one attached hydrogen (secondary N) is 2. The summed E-state index contributed by atoms with van der Waals surface area (Å²) in [6.07, 6.45) is 2.21. The van der Waals surface area contributed by atoms with Crippen molar-refractivity contribution >= 4 is 52.6 Å². The van der Waals surface area contributed by atoms with Crippen molar-refractivity contribution in [2.24, 2.45) is 4.99 Å². The lowest BCUT2D eigenvalue weighted by Crippen LogP contribution is -2.48. The number of H-pyrrole nitrogens is 1. The number of nitrogens with zero attached hydrogens (tertiary/aromatic N) is 2. The molecule has 0 amide bonds. The number of hydrogen-bond acceptors (Lipinski definition) is 2. The molecule has 1 aliphatic rings. The lowest BCUT2D eigenvalue weighted by Gasteiger charge is -2.34. The fourth-order valence-corrected chi connectivity index (χ4v) is 4.25. The quantitative estimate of drug-likeness (QED) is 0.417. The summed E-state index contributed by atoms with van der Waals surface area (Å²) in [4.78, 5) is 10.4. The van der Waals surface area contributed by atoms with E-state index in [1.165, 1.54) is 28.8 Å². The average Bonchev–Trinajstić information content (AvgIpc) is 3.01. The van der Waals surface area contributed by atoms with Crippen LogP contribution in [0.3, 0.4) is 0 Å². The van der Waals surface area contributed by atoms with Gasteiger partial charge in [-0.3, -0.25) is 4.99 Å². The molecule has 24 heavy (non-hydrogen) atoms. The van der Waals surface area contributed by atoms with Gasteiger partial charge in [0.2, 0.25) is 0 Å². The highest BCUT2D eigenvalue weighted by molar-refractivity contribution is 14.0. The zero-order chi connectivity index (χ0) is 16.1. The molecule has 1 aliphatic heterocycles. The number of fused-ring (bicyclic) bond motifs is 1. The minimum absolute atomic E-state index is 0. The third-order valence-electron chi connectivity index (χ3n) is 4.37. The van der Waals surface area contributed by atoms with Crippen LogP contribution in [0, 0.1) is 0 Å². The summed E-state index contributed by atoms with van der Waals surface area (Å²) in [5.41, 5.74) is 2.49. The molecule has 1 aromatic carbocycles. The number of benzene rings is 1. The zero-order valence-corrected chi connectivity index (χ0v) is 17.6. The number of para-hydroxylation sites is 1. The smallest absolute Gasteiger partial charge is 0.193 e. The van der Waals surface area contributed by atoms with Gasteiger partial charge in [-0.15, -0.1) is 24.0 Å². The Hall–Kier alpha value is -0.890. The first kappa shape index (κ1) is 19.4. The molecule has 1 saturated heterocycles. The highest BCUT2D eigenvalue weighted by atomic mass is 127. The molecule has 132 valence electrons. The largest absolute Gasteiger partial charge is 0.358 e. The first-order chi connectivity index (χ1) is 11.3. The van der Waals surface area contributed by atoms with E-state index in [9.17, 15) is 0 Å². The molecule has 2 heterocycles. The van der Waals surface area contributed by atoms with Crippen LogP contribution in [0.4, 0.5) is 0 Å². The number of guanidine groups is 1. The normalized spacial score (nSPS) is 18.5. The number of halogens is 1. The van der Waals surface area contributed by atoms with Crippen molar-refractivity contribution < 1.29 is 0 Å². The molecule has 0 bridgehead atoms. The topological polar surface area (TPSA) is 43.4 Å². The Morgan fingerprint density at radius 3 is 3.00 bits per heavy atom. The Labute approximate surface area is 165 Å². The Morgan fingerprint density at radius 1 is 1.42 bits per heavy atom. The number of aromatic nitrogens is 1. The van der Waals surface area contributed by atoms with Crippen LogP contribution in [-0.4, -0.2) is 53.5 Å². The summed E-state index contributed by atoms with van der Waals surface area (Å²) in [7, 11) is 1.88. The molecule has 6 heteroatoms. The fraction of sp³-hybridized carbons (Fsp3) is 0.500. The van der Waals surface area contributed by atoms with Gasteiger partial charge in [0, 0.05) is 55.3 Å². The fourth-order valence-electron chi connectivity index (χ4n) is 3.07. The zero-order valence-electron chi connectivity index (χ0n) is 14.4. The Morgan fingerprint density at radius 2 is 2.25 bits per heavy atom. The number of thioether (sulfide) groups is 1. The molecule has 0 radical (unpaired) electrons.